The molecule has 2 aromatic heterocycles. The van der Waals surface area contributed by atoms with Crippen LogP contribution in [0.3, 0.4) is 0 Å². The summed E-state index contributed by atoms with van der Waals surface area (Å²) in [5, 5.41) is 10.3. The van der Waals surface area contributed by atoms with Crippen LogP contribution in [0.15, 0.2) is 48.9 Å². The van der Waals surface area contributed by atoms with Crippen molar-refractivity contribution in [2.75, 3.05) is 6.54 Å². The van der Waals surface area contributed by atoms with E-state index in [9.17, 15) is 18.0 Å². The Balaban J connectivity index is 1.61. The third-order valence-corrected chi connectivity index (χ3v) is 3.71. The number of nitrogens with one attached hydrogen (secondary N) is 1. The zero-order chi connectivity index (χ0) is 18.7. The van der Waals surface area contributed by atoms with Crippen LogP contribution >= 0.6 is 0 Å². The molecule has 2 heterocycles. The van der Waals surface area contributed by atoms with Gasteiger partial charge in [0.25, 0.3) is 5.91 Å². The Kier molecular flexibility index (Phi) is 4.79. The van der Waals surface area contributed by atoms with Crippen molar-refractivity contribution in [3.05, 3.63) is 65.7 Å². The van der Waals surface area contributed by atoms with Crippen LogP contribution in [0.2, 0.25) is 0 Å². The van der Waals surface area contributed by atoms with E-state index in [0.717, 1.165) is 22.1 Å². The molecule has 0 unspecified atom stereocenters. The summed E-state index contributed by atoms with van der Waals surface area (Å²) in [6, 6.07) is 9.48. The summed E-state index contributed by atoms with van der Waals surface area (Å²) < 4.78 is 41.5. The molecule has 0 aliphatic rings. The van der Waals surface area contributed by atoms with Crippen molar-refractivity contribution < 1.29 is 18.0 Å². The van der Waals surface area contributed by atoms with E-state index in [2.05, 4.69) is 15.5 Å². The van der Waals surface area contributed by atoms with Gasteiger partial charge >= 0.3 is 6.18 Å². The number of alkyl halides is 3. The summed E-state index contributed by atoms with van der Waals surface area (Å²) in [7, 11) is 1.34. The number of amides is 1. The largest absolute Gasteiger partial charge is 0.420 e. The van der Waals surface area contributed by atoms with Crippen LogP contribution in [0, 0.1) is 0 Å². The topological polar surface area (TPSA) is 64.7 Å². The van der Waals surface area contributed by atoms with Gasteiger partial charge in [-0.3, -0.25) is 9.48 Å². The maximum Gasteiger partial charge on any atom is 0.420 e. The van der Waals surface area contributed by atoms with Crippen molar-refractivity contribution in [3.63, 3.8) is 0 Å². The van der Waals surface area contributed by atoms with E-state index >= 15 is 0 Å². The number of rotatable bonds is 5. The minimum atomic E-state index is -4.63. The summed E-state index contributed by atoms with van der Waals surface area (Å²) in [6.07, 6.45) is 0.0633. The molecule has 0 fully saturated rings. The SMILES string of the molecule is Cn1cc(C(F)(F)F)c(C(=O)NCCc2cnn(-c3ccccc3)c2)n1. The molecule has 26 heavy (non-hydrogen) atoms. The van der Waals surface area contributed by atoms with Crippen LogP contribution in [0.25, 0.3) is 5.69 Å². The molecule has 0 aliphatic carbocycles. The van der Waals surface area contributed by atoms with E-state index in [0.29, 0.717) is 6.42 Å². The van der Waals surface area contributed by atoms with Gasteiger partial charge in [0.15, 0.2) is 5.69 Å². The molecule has 3 rings (SSSR count). The Morgan fingerprint density at radius 2 is 1.92 bits per heavy atom. The Hall–Kier alpha value is -3.10. The second-order valence-electron chi connectivity index (χ2n) is 5.70. The molecule has 0 saturated carbocycles. The Bertz CT molecular complexity index is 899. The van der Waals surface area contributed by atoms with E-state index in [4.69, 9.17) is 0 Å². The molecule has 0 radical (unpaired) electrons. The summed E-state index contributed by atoms with van der Waals surface area (Å²) >= 11 is 0. The second kappa shape index (κ2) is 7.03. The highest BCUT2D eigenvalue weighted by molar-refractivity contribution is 5.93. The first-order valence-corrected chi connectivity index (χ1v) is 7.82. The number of nitrogens with zero attached hydrogens (tertiary/aromatic N) is 4. The number of hydrogen-bond donors (Lipinski definition) is 1. The second-order valence-corrected chi connectivity index (χ2v) is 5.70. The van der Waals surface area contributed by atoms with Gasteiger partial charge in [0.2, 0.25) is 0 Å². The van der Waals surface area contributed by atoms with Crippen molar-refractivity contribution in [2.24, 2.45) is 7.05 Å². The van der Waals surface area contributed by atoms with Crippen molar-refractivity contribution in [3.8, 4) is 5.69 Å². The summed E-state index contributed by atoms with van der Waals surface area (Å²) in [5.74, 6) is -0.853. The zero-order valence-electron chi connectivity index (χ0n) is 13.9. The first-order valence-electron chi connectivity index (χ1n) is 7.82. The molecule has 0 aliphatic heterocycles. The monoisotopic (exact) mass is 363 g/mol. The number of halogens is 3. The molecule has 136 valence electrons. The standard InChI is InChI=1S/C17H16F3N5O/c1-24-11-14(17(18,19)20)15(23-24)16(26)21-8-7-12-9-22-25(10-12)13-5-3-2-4-6-13/h2-6,9-11H,7-8H2,1H3,(H,21,26). The van der Waals surface area contributed by atoms with Gasteiger partial charge in [-0.25, -0.2) is 4.68 Å². The maximum atomic E-state index is 12.9. The Morgan fingerprint density at radius 1 is 1.19 bits per heavy atom. The van der Waals surface area contributed by atoms with Gasteiger partial charge in [-0.1, -0.05) is 18.2 Å². The van der Waals surface area contributed by atoms with Gasteiger partial charge in [0, 0.05) is 26.0 Å². The molecule has 0 spiro atoms. The minimum absolute atomic E-state index is 0.174. The number of para-hydroxylation sites is 1. The average Bonchev–Trinajstić information content (AvgIpc) is 3.22. The molecule has 3 aromatic rings. The Morgan fingerprint density at radius 3 is 2.62 bits per heavy atom. The average molecular weight is 363 g/mol. The van der Waals surface area contributed by atoms with Crippen molar-refractivity contribution >= 4 is 5.91 Å². The van der Waals surface area contributed by atoms with Gasteiger partial charge in [-0.2, -0.15) is 23.4 Å². The number of carbonyl (C=O) groups excluding carboxylic acids is 1. The number of aromatic nitrogens is 4. The van der Waals surface area contributed by atoms with Crippen molar-refractivity contribution in [2.45, 2.75) is 12.6 Å². The molecule has 1 aromatic carbocycles. The normalized spacial score (nSPS) is 11.5. The summed E-state index contributed by atoms with van der Waals surface area (Å²) in [4.78, 5) is 12.0. The van der Waals surface area contributed by atoms with Crippen molar-refractivity contribution in [1.29, 1.82) is 0 Å². The highest BCUT2D eigenvalue weighted by atomic mass is 19.4. The van der Waals surface area contributed by atoms with Gasteiger partial charge in [0.1, 0.15) is 5.56 Å². The molecule has 0 bridgehead atoms. The fourth-order valence-electron chi connectivity index (χ4n) is 2.48. The predicted octanol–water partition coefficient (Wildman–Crippen LogP) is 2.60. The fourth-order valence-corrected chi connectivity index (χ4v) is 2.48. The van der Waals surface area contributed by atoms with Gasteiger partial charge < -0.3 is 5.32 Å². The van der Waals surface area contributed by atoms with E-state index in [1.165, 1.54) is 7.05 Å². The molecule has 0 saturated heterocycles. The molecule has 6 nitrogen and oxygen atoms in total. The molecule has 1 N–H and O–H groups in total. The molecule has 1 amide bonds. The highest BCUT2D eigenvalue weighted by Crippen LogP contribution is 2.31. The van der Waals surface area contributed by atoms with Crippen LogP contribution in [-0.2, 0) is 19.6 Å². The van der Waals surface area contributed by atoms with Crippen LogP contribution in [0.1, 0.15) is 21.6 Å². The fraction of sp³-hybridized carbons (Fsp3) is 0.235. The lowest BCUT2D eigenvalue weighted by atomic mass is 10.2. The maximum absolute atomic E-state index is 12.9. The molecular formula is C17H16F3N5O. The smallest absolute Gasteiger partial charge is 0.350 e. The minimum Gasteiger partial charge on any atom is -0.350 e. The van der Waals surface area contributed by atoms with Crippen LogP contribution in [0.4, 0.5) is 13.2 Å². The molecular weight excluding hydrogens is 347 g/mol. The van der Waals surface area contributed by atoms with Crippen molar-refractivity contribution in [1.82, 2.24) is 24.9 Å². The van der Waals surface area contributed by atoms with Crippen LogP contribution in [0.5, 0.6) is 0 Å². The Labute approximate surface area is 147 Å². The first-order chi connectivity index (χ1) is 12.3. The third kappa shape index (κ3) is 3.93. The van der Waals surface area contributed by atoms with Crippen LogP contribution in [-0.4, -0.2) is 32.0 Å². The quantitative estimate of drug-likeness (QED) is 0.758. The molecule has 9 heteroatoms. The number of aryl methyl sites for hydroxylation is 1. The molecule has 0 atom stereocenters. The lowest BCUT2D eigenvalue weighted by Gasteiger charge is -2.06. The number of hydrogen-bond acceptors (Lipinski definition) is 3. The number of benzene rings is 1. The van der Waals surface area contributed by atoms with E-state index < -0.39 is 23.3 Å². The zero-order valence-corrected chi connectivity index (χ0v) is 13.9. The lowest BCUT2D eigenvalue weighted by molar-refractivity contribution is -0.138. The van der Waals surface area contributed by atoms with Gasteiger partial charge in [0.05, 0.1) is 11.9 Å². The first kappa shape index (κ1) is 17.7. The highest BCUT2D eigenvalue weighted by Gasteiger charge is 2.37. The predicted molar refractivity (Wildman–Crippen MR) is 87.8 cm³/mol. The third-order valence-electron chi connectivity index (χ3n) is 3.71. The van der Waals surface area contributed by atoms with E-state index in [1.54, 1.807) is 10.9 Å². The summed E-state index contributed by atoms with van der Waals surface area (Å²) in [6.45, 7) is 0.174. The van der Waals surface area contributed by atoms with Gasteiger partial charge in [-0.05, 0) is 24.1 Å². The summed E-state index contributed by atoms with van der Waals surface area (Å²) in [5.41, 5.74) is 0.0756. The number of carbonyl (C=O) groups is 1. The van der Waals surface area contributed by atoms with Crippen LogP contribution < -0.4 is 5.32 Å². The lowest BCUT2D eigenvalue weighted by Crippen LogP contribution is -2.28. The van der Waals surface area contributed by atoms with Gasteiger partial charge in [-0.15, -0.1) is 0 Å². The van der Waals surface area contributed by atoms with E-state index in [-0.39, 0.29) is 6.54 Å². The van der Waals surface area contributed by atoms with E-state index in [1.807, 2.05) is 36.5 Å².